The van der Waals surface area contributed by atoms with Crippen molar-refractivity contribution in [1.82, 2.24) is 4.57 Å². The lowest BCUT2D eigenvalue weighted by atomic mass is 9.93. The topological polar surface area (TPSA) is 21.3 Å². The van der Waals surface area contributed by atoms with E-state index in [1.54, 1.807) is 0 Å². The zero-order valence-electron chi connectivity index (χ0n) is 35.4. The molecule has 0 aliphatic rings. The molecule has 0 aliphatic carbocycles. The molecule has 65 heavy (non-hydrogen) atoms. The summed E-state index contributed by atoms with van der Waals surface area (Å²) in [5.74, 6) is 0. The van der Waals surface area contributed by atoms with Crippen LogP contribution in [0.15, 0.2) is 247 Å². The van der Waals surface area contributed by atoms with Crippen LogP contribution in [0.3, 0.4) is 0 Å². The molecule has 0 N–H and O–H groups in total. The molecule has 2 heterocycles. The third kappa shape index (κ3) is 6.12. The largest absolute Gasteiger partial charge is 0.455 e. The molecule has 0 spiro atoms. The molecule has 0 saturated heterocycles. The number of hydrogen-bond donors (Lipinski definition) is 0. The van der Waals surface area contributed by atoms with Crippen molar-refractivity contribution >= 4 is 82.4 Å². The van der Waals surface area contributed by atoms with E-state index in [2.05, 4.69) is 240 Å². The van der Waals surface area contributed by atoms with Gasteiger partial charge in [-0.05, 0) is 116 Å². The molecule has 0 unspecified atom stereocenters. The molecule has 0 amide bonds. The molecule has 0 radical (unpaired) electrons. The molecule has 0 bridgehead atoms. The fraction of sp³-hybridized carbons (Fsp3) is 0. The Morgan fingerprint density at radius 3 is 1.78 bits per heavy atom. The van der Waals surface area contributed by atoms with Gasteiger partial charge in [-0.3, -0.25) is 0 Å². The van der Waals surface area contributed by atoms with Crippen molar-refractivity contribution in [1.29, 1.82) is 0 Å². The first kappa shape index (κ1) is 36.9. The van der Waals surface area contributed by atoms with E-state index < -0.39 is 0 Å². The molecule has 0 saturated carbocycles. The highest BCUT2D eigenvalue weighted by atomic mass is 16.3. The summed E-state index contributed by atoms with van der Waals surface area (Å²) in [5.41, 5.74) is 15.4. The predicted molar refractivity (Wildman–Crippen MR) is 274 cm³/mol. The van der Waals surface area contributed by atoms with Crippen molar-refractivity contribution < 1.29 is 4.42 Å². The maximum absolute atomic E-state index is 6.47. The minimum absolute atomic E-state index is 0.901. The molecule has 0 aliphatic heterocycles. The Balaban J connectivity index is 0.972. The van der Waals surface area contributed by atoms with Crippen LogP contribution in [0.4, 0.5) is 17.1 Å². The summed E-state index contributed by atoms with van der Waals surface area (Å²) < 4.78 is 8.91. The highest BCUT2D eigenvalue weighted by Gasteiger charge is 2.20. The summed E-state index contributed by atoms with van der Waals surface area (Å²) in [6, 6.07) is 87.7. The number of furan rings is 1. The normalized spacial score (nSPS) is 11.7. The average Bonchev–Trinajstić information content (AvgIpc) is 3.93. The molecular formula is C62H40N2O. The molecule has 3 heteroatoms. The van der Waals surface area contributed by atoms with Gasteiger partial charge in [0.2, 0.25) is 0 Å². The van der Waals surface area contributed by atoms with Gasteiger partial charge in [0.1, 0.15) is 11.2 Å². The third-order valence-electron chi connectivity index (χ3n) is 13.2. The summed E-state index contributed by atoms with van der Waals surface area (Å²) >= 11 is 0. The predicted octanol–water partition coefficient (Wildman–Crippen LogP) is 17.5. The van der Waals surface area contributed by atoms with E-state index in [-0.39, 0.29) is 0 Å². The first-order valence-electron chi connectivity index (χ1n) is 22.2. The molecule has 0 fully saturated rings. The Morgan fingerprint density at radius 1 is 0.323 bits per heavy atom. The number of aromatic nitrogens is 1. The lowest BCUT2D eigenvalue weighted by Gasteiger charge is -2.26. The van der Waals surface area contributed by atoms with Crippen molar-refractivity contribution in [3.05, 3.63) is 243 Å². The van der Waals surface area contributed by atoms with Gasteiger partial charge in [-0.1, -0.05) is 176 Å². The second-order valence-electron chi connectivity index (χ2n) is 16.9. The van der Waals surface area contributed by atoms with Gasteiger partial charge in [-0.2, -0.15) is 0 Å². The van der Waals surface area contributed by atoms with Gasteiger partial charge in [0.25, 0.3) is 0 Å². The molecule has 304 valence electrons. The number of benzene rings is 11. The zero-order valence-corrected chi connectivity index (χ0v) is 35.4. The number of rotatable bonds is 7. The maximum Gasteiger partial charge on any atom is 0.143 e. The summed E-state index contributed by atoms with van der Waals surface area (Å²) in [6.07, 6.45) is 0. The molecule has 2 aromatic heterocycles. The van der Waals surface area contributed by atoms with Gasteiger partial charge < -0.3 is 13.9 Å². The fourth-order valence-corrected chi connectivity index (χ4v) is 10.1. The highest BCUT2D eigenvalue weighted by Crippen LogP contribution is 2.44. The lowest BCUT2D eigenvalue weighted by Crippen LogP contribution is -2.10. The molecule has 13 rings (SSSR count). The number of hydrogen-bond acceptors (Lipinski definition) is 2. The Hall–Kier alpha value is -8.66. The van der Waals surface area contributed by atoms with E-state index >= 15 is 0 Å². The Morgan fingerprint density at radius 2 is 0.938 bits per heavy atom. The van der Waals surface area contributed by atoms with Crippen LogP contribution in [0.25, 0.3) is 104 Å². The van der Waals surface area contributed by atoms with E-state index in [4.69, 9.17) is 4.42 Å². The van der Waals surface area contributed by atoms with Crippen molar-refractivity contribution in [3.8, 4) is 39.1 Å². The van der Waals surface area contributed by atoms with Crippen LogP contribution >= 0.6 is 0 Å². The van der Waals surface area contributed by atoms with Crippen molar-refractivity contribution in [3.63, 3.8) is 0 Å². The molecular weight excluding hydrogens is 789 g/mol. The smallest absolute Gasteiger partial charge is 0.143 e. The first-order valence-corrected chi connectivity index (χ1v) is 22.2. The number of anilines is 3. The van der Waals surface area contributed by atoms with Gasteiger partial charge in [0.05, 0.1) is 11.0 Å². The zero-order chi connectivity index (χ0) is 42.8. The van der Waals surface area contributed by atoms with Crippen molar-refractivity contribution in [2.75, 3.05) is 4.90 Å². The number of fused-ring (bicyclic) bond motifs is 9. The van der Waals surface area contributed by atoms with Crippen LogP contribution in [0.2, 0.25) is 0 Å². The van der Waals surface area contributed by atoms with Crippen molar-refractivity contribution in [2.24, 2.45) is 0 Å². The Bertz CT molecular complexity index is 3930. The Kier molecular flexibility index (Phi) is 8.53. The molecule has 13 aromatic rings. The monoisotopic (exact) mass is 828 g/mol. The summed E-state index contributed by atoms with van der Waals surface area (Å²) in [5, 5.41) is 9.73. The first-order chi connectivity index (χ1) is 32.2. The van der Waals surface area contributed by atoms with E-state index in [1.807, 2.05) is 12.1 Å². The van der Waals surface area contributed by atoms with Gasteiger partial charge in [0.15, 0.2) is 0 Å². The Labute approximate surface area is 376 Å². The van der Waals surface area contributed by atoms with Crippen LogP contribution in [0.5, 0.6) is 0 Å². The van der Waals surface area contributed by atoms with Gasteiger partial charge in [-0.15, -0.1) is 0 Å². The van der Waals surface area contributed by atoms with Crippen LogP contribution in [-0.4, -0.2) is 4.57 Å². The fourth-order valence-electron chi connectivity index (χ4n) is 10.1. The number of para-hydroxylation sites is 3. The summed E-state index contributed by atoms with van der Waals surface area (Å²) in [7, 11) is 0. The van der Waals surface area contributed by atoms with Gasteiger partial charge in [-0.25, -0.2) is 0 Å². The van der Waals surface area contributed by atoms with Crippen LogP contribution < -0.4 is 4.90 Å². The SMILES string of the molecule is c1ccc(-c2ccc(N(c3ccc(-c4cccc5c4oc4ccccc45)cc3)c3cccc(-n4c5ccccc5c5c6c(-c7ccc8ccccc8c7)cccc6ccc54)c3)cc2)cc1. The number of nitrogens with zero attached hydrogens (tertiary/aromatic N) is 2. The van der Waals surface area contributed by atoms with Gasteiger partial charge >= 0.3 is 0 Å². The van der Waals surface area contributed by atoms with Gasteiger partial charge in [0, 0.05) is 49.9 Å². The minimum Gasteiger partial charge on any atom is -0.455 e. The third-order valence-corrected chi connectivity index (χ3v) is 13.2. The summed E-state index contributed by atoms with van der Waals surface area (Å²) in [4.78, 5) is 2.37. The summed E-state index contributed by atoms with van der Waals surface area (Å²) in [6.45, 7) is 0. The van der Waals surface area contributed by atoms with Crippen LogP contribution in [-0.2, 0) is 0 Å². The highest BCUT2D eigenvalue weighted by molar-refractivity contribution is 6.25. The quantitative estimate of drug-likeness (QED) is 0.160. The second kappa shape index (κ2) is 15.0. The standard InChI is InChI=1S/C62H40N2O/c1-2-13-41(14-3-1)43-29-34-48(35-30-43)63(49-36-31-44(32-37-49)53-23-12-24-55-54-20-7-9-26-59(54)65-62(53)55)50-18-11-19-51(40-50)64-57-25-8-6-21-56(57)61-58(64)38-33-45-17-10-22-52(60(45)61)47-28-27-42-15-4-5-16-46(42)39-47/h1-40H. The second-order valence-corrected chi connectivity index (χ2v) is 16.9. The van der Waals surface area contributed by atoms with E-state index in [9.17, 15) is 0 Å². The molecule has 3 nitrogen and oxygen atoms in total. The van der Waals surface area contributed by atoms with Crippen LogP contribution in [0.1, 0.15) is 0 Å². The van der Waals surface area contributed by atoms with E-state index in [0.29, 0.717) is 0 Å². The molecule has 11 aromatic carbocycles. The van der Waals surface area contributed by atoms with Crippen molar-refractivity contribution in [2.45, 2.75) is 0 Å². The van der Waals surface area contributed by atoms with E-state index in [1.165, 1.54) is 65.6 Å². The lowest BCUT2D eigenvalue weighted by molar-refractivity contribution is 0.670. The molecule has 0 atom stereocenters. The van der Waals surface area contributed by atoms with E-state index in [0.717, 1.165) is 55.8 Å². The minimum atomic E-state index is 0.901. The average molecular weight is 829 g/mol. The van der Waals surface area contributed by atoms with Crippen LogP contribution in [0, 0.1) is 0 Å². The maximum atomic E-state index is 6.47.